The Morgan fingerprint density at radius 3 is 0.783 bits per heavy atom. The van der Waals surface area contributed by atoms with Gasteiger partial charge in [-0.1, -0.05) is 267 Å². The normalized spacial score (nSPS) is 11.5. The lowest BCUT2D eigenvalue weighted by molar-refractivity contribution is 0.556. The van der Waals surface area contributed by atoms with Gasteiger partial charge in [-0.2, -0.15) is 0 Å². The van der Waals surface area contributed by atoms with E-state index in [-0.39, 0.29) is 0 Å². The van der Waals surface area contributed by atoms with Crippen molar-refractivity contribution >= 4 is 0 Å². The number of hydrogen-bond acceptors (Lipinski definition) is 0. The molecular weight excluding hydrogens is 721 g/mol. The van der Waals surface area contributed by atoms with Gasteiger partial charge < -0.3 is 0 Å². The van der Waals surface area contributed by atoms with Crippen molar-refractivity contribution in [2.75, 3.05) is 0 Å². The molecule has 0 spiro atoms. The van der Waals surface area contributed by atoms with Crippen molar-refractivity contribution in [2.24, 2.45) is 0 Å². The van der Waals surface area contributed by atoms with Gasteiger partial charge in [-0.15, -0.1) is 0 Å². The highest BCUT2D eigenvalue weighted by atomic mass is 14.2. The molecule has 0 radical (unpaired) electrons. The van der Waals surface area contributed by atoms with E-state index in [4.69, 9.17) is 0 Å². The average molecular weight is 811 g/mol. The summed E-state index contributed by atoms with van der Waals surface area (Å²) in [5.41, 5.74) is 15.2. The summed E-state index contributed by atoms with van der Waals surface area (Å²) in [5.74, 6) is 0. The lowest BCUT2D eigenvalue weighted by atomic mass is 9.82. The monoisotopic (exact) mass is 811 g/mol. The Kier molecular flexibility index (Phi) is 26.2. The third-order valence-electron chi connectivity index (χ3n) is 13.4. The quantitative estimate of drug-likeness (QED) is 0.0406. The van der Waals surface area contributed by atoms with Crippen LogP contribution in [0.2, 0.25) is 0 Å². The molecule has 0 saturated heterocycles. The molecule has 0 fully saturated rings. The fourth-order valence-electron chi connectivity index (χ4n) is 9.79. The summed E-state index contributed by atoms with van der Waals surface area (Å²) in [5, 5.41) is 0. The Balaban J connectivity index is 1.68. The molecule has 4 aromatic rings. The smallest absolute Gasteiger partial charge is 0.0143 e. The van der Waals surface area contributed by atoms with Crippen LogP contribution in [0.15, 0.2) is 84.9 Å². The van der Waals surface area contributed by atoms with E-state index in [0.29, 0.717) is 0 Å². The molecule has 0 aliphatic carbocycles. The zero-order chi connectivity index (χ0) is 42.3. The number of unbranched alkanes of at least 4 members (excludes halogenated alkanes) is 24. The predicted octanol–water partition coefficient (Wildman–Crippen LogP) is 19.9. The van der Waals surface area contributed by atoms with Crippen molar-refractivity contribution in [1.82, 2.24) is 0 Å². The molecule has 4 aromatic carbocycles. The molecule has 60 heavy (non-hydrogen) atoms. The van der Waals surface area contributed by atoms with Crippen LogP contribution >= 0.6 is 0 Å². The molecule has 0 amide bonds. The van der Waals surface area contributed by atoms with Crippen molar-refractivity contribution in [3.05, 3.63) is 107 Å². The van der Waals surface area contributed by atoms with Crippen molar-refractivity contribution in [2.45, 2.75) is 233 Å². The van der Waals surface area contributed by atoms with Crippen LogP contribution in [-0.2, 0) is 25.7 Å². The summed E-state index contributed by atoms with van der Waals surface area (Å²) in [7, 11) is 0. The molecule has 0 aliphatic rings. The van der Waals surface area contributed by atoms with Crippen LogP contribution in [0.5, 0.6) is 0 Å². The first-order valence-electron chi connectivity index (χ1n) is 26.1. The van der Waals surface area contributed by atoms with Gasteiger partial charge in [0.1, 0.15) is 0 Å². The lowest BCUT2D eigenvalue weighted by Gasteiger charge is -2.22. The van der Waals surface area contributed by atoms with Crippen molar-refractivity contribution < 1.29 is 0 Å². The van der Waals surface area contributed by atoms with Crippen LogP contribution in [-0.4, -0.2) is 0 Å². The van der Waals surface area contributed by atoms with E-state index >= 15 is 0 Å². The minimum absolute atomic E-state index is 1.15. The lowest BCUT2D eigenvalue weighted by Crippen LogP contribution is -2.02. The van der Waals surface area contributed by atoms with Gasteiger partial charge in [-0.25, -0.2) is 0 Å². The van der Waals surface area contributed by atoms with Crippen LogP contribution in [0.4, 0.5) is 0 Å². The Bertz CT molecular complexity index is 1670. The van der Waals surface area contributed by atoms with Gasteiger partial charge >= 0.3 is 0 Å². The maximum Gasteiger partial charge on any atom is -0.0143 e. The average Bonchev–Trinajstić information content (AvgIpc) is 3.28. The molecule has 0 saturated carbocycles. The Morgan fingerprint density at radius 1 is 0.217 bits per heavy atom. The van der Waals surface area contributed by atoms with E-state index in [1.54, 1.807) is 16.7 Å². The molecule has 0 nitrogen and oxygen atoms in total. The number of rotatable bonds is 35. The van der Waals surface area contributed by atoms with Gasteiger partial charge in [0, 0.05) is 0 Å². The van der Waals surface area contributed by atoms with Crippen molar-refractivity contribution in [1.29, 1.82) is 0 Å². The molecule has 330 valence electrons. The largest absolute Gasteiger partial charge is 0.0654 e. The maximum atomic E-state index is 2.50. The Hall–Kier alpha value is -3.12. The molecule has 0 aliphatic heterocycles. The Labute approximate surface area is 372 Å². The fourth-order valence-corrected chi connectivity index (χ4v) is 9.79. The van der Waals surface area contributed by atoms with Gasteiger partial charge in [0.2, 0.25) is 0 Å². The third kappa shape index (κ3) is 17.7. The zero-order valence-electron chi connectivity index (χ0n) is 39.7. The van der Waals surface area contributed by atoms with Gasteiger partial charge in [0.05, 0.1) is 0 Å². The molecule has 0 aromatic heterocycles. The first-order chi connectivity index (χ1) is 29.7. The highest BCUT2D eigenvalue weighted by Gasteiger charge is 2.19. The zero-order valence-corrected chi connectivity index (χ0v) is 39.7. The number of hydrogen-bond donors (Lipinski definition) is 0. The van der Waals surface area contributed by atoms with E-state index in [1.165, 1.54) is 232 Å². The summed E-state index contributed by atoms with van der Waals surface area (Å²) >= 11 is 0. The summed E-state index contributed by atoms with van der Waals surface area (Å²) in [6.07, 6.45) is 42.6. The van der Waals surface area contributed by atoms with Crippen molar-refractivity contribution in [3.63, 3.8) is 0 Å². The van der Waals surface area contributed by atoms with Crippen LogP contribution in [0, 0.1) is 0 Å². The van der Waals surface area contributed by atoms with Gasteiger partial charge in [-0.3, -0.25) is 0 Å². The summed E-state index contributed by atoms with van der Waals surface area (Å²) in [6.45, 7) is 9.30. The second-order valence-corrected chi connectivity index (χ2v) is 18.5. The first kappa shape index (κ1) is 49.5. The highest BCUT2D eigenvalue weighted by Crippen LogP contribution is 2.41. The Morgan fingerprint density at radius 2 is 0.450 bits per heavy atom. The standard InChI is InChI=1S/C60H90/c1-5-9-13-17-20-22-23-24-26-30-40-52-42-34-36-44-54(52)56-48-38-50-60(58(56)46-32-28-25-21-18-14-10-6-2)59-49-37-47-55(57(59)45-31-27-19-15-11-7-3)53-43-35-33-41-51(53)39-29-16-12-8-4/h33-38,41-44,47-50H,5-32,39-40,45-46H2,1-4H3. The topological polar surface area (TPSA) is 0 Å². The van der Waals surface area contributed by atoms with Crippen LogP contribution in [0.25, 0.3) is 33.4 Å². The van der Waals surface area contributed by atoms with Crippen LogP contribution < -0.4 is 0 Å². The summed E-state index contributed by atoms with van der Waals surface area (Å²) in [4.78, 5) is 0. The maximum absolute atomic E-state index is 2.50. The molecule has 0 unspecified atom stereocenters. The first-order valence-corrected chi connectivity index (χ1v) is 26.1. The van der Waals surface area contributed by atoms with Crippen LogP contribution in [0.3, 0.4) is 0 Å². The van der Waals surface area contributed by atoms with Crippen molar-refractivity contribution in [3.8, 4) is 33.4 Å². The highest BCUT2D eigenvalue weighted by molar-refractivity contribution is 5.85. The number of benzene rings is 4. The van der Waals surface area contributed by atoms with Gasteiger partial charge in [-0.05, 0) is 107 Å². The molecule has 0 bridgehead atoms. The minimum Gasteiger partial charge on any atom is -0.0654 e. The molecular formula is C60H90. The van der Waals surface area contributed by atoms with E-state index in [9.17, 15) is 0 Å². The molecule has 0 N–H and O–H groups in total. The van der Waals surface area contributed by atoms with Crippen LogP contribution in [0.1, 0.15) is 230 Å². The van der Waals surface area contributed by atoms with Gasteiger partial charge in [0.25, 0.3) is 0 Å². The van der Waals surface area contributed by atoms with Gasteiger partial charge in [0.15, 0.2) is 0 Å². The molecule has 0 atom stereocenters. The second kappa shape index (κ2) is 31.7. The van der Waals surface area contributed by atoms with E-state index in [0.717, 1.165) is 12.8 Å². The predicted molar refractivity (Wildman–Crippen MR) is 270 cm³/mol. The molecule has 0 heteroatoms. The van der Waals surface area contributed by atoms with E-state index in [2.05, 4.69) is 113 Å². The molecule has 4 rings (SSSR count). The summed E-state index contributed by atoms with van der Waals surface area (Å²) < 4.78 is 0. The minimum atomic E-state index is 1.15. The fraction of sp³-hybridized carbons (Fsp3) is 0.600. The van der Waals surface area contributed by atoms with E-state index < -0.39 is 0 Å². The molecule has 0 heterocycles. The summed E-state index contributed by atoms with van der Waals surface area (Å²) in [6, 6.07) is 33.6. The van der Waals surface area contributed by atoms with E-state index in [1.807, 2.05) is 0 Å². The second-order valence-electron chi connectivity index (χ2n) is 18.5. The SMILES string of the molecule is CCCCCCCCCCCCc1ccccc1-c1cccc(-c2cccc(-c3ccccc3CCCCCC)c2CCCCCCCC)c1CCCCCCCCCC. The third-order valence-corrected chi connectivity index (χ3v) is 13.4. The number of aryl methyl sites for hydroxylation is 2.